The van der Waals surface area contributed by atoms with Crippen LogP contribution in [-0.4, -0.2) is 12.1 Å². The number of methoxy groups -OCH3 is 1. The van der Waals surface area contributed by atoms with Crippen LogP contribution in [0.15, 0.2) is 46.9 Å². The van der Waals surface area contributed by atoms with Crippen molar-refractivity contribution in [3.05, 3.63) is 48.3 Å². The van der Waals surface area contributed by atoms with Crippen molar-refractivity contribution in [2.45, 2.75) is 0 Å². The van der Waals surface area contributed by atoms with Gasteiger partial charge in [-0.1, -0.05) is 0 Å². The average Bonchev–Trinajstić information content (AvgIpc) is 2.82. The molecule has 0 unspecified atom stereocenters. The van der Waals surface area contributed by atoms with E-state index in [1.807, 2.05) is 12.1 Å². The lowest BCUT2D eigenvalue weighted by Gasteiger charge is -1.96. The van der Waals surface area contributed by atoms with Crippen molar-refractivity contribution >= 4 is 11.1 Å². The Labute approximate surface area is 103 Å². The maximum absolute atomic E-state index is 12.8. The van der Waals surface area contributed by atoms with Crippen molar-refractivity contribution in [1.29, 1.82) is 0 Å². The van der Waals surface area contributed by atoms with Crippen molar-refractivity contribution in [3.8, 4) is 17.2 Å². The SMILES string of the molecule is COc1ccc2nc(-c3ccc(F)cc3)oc2c1. The van der Waals surface area contributed by atoms with Crippen LogP contribution >= 0.6 is 0 Å². The first-order chi connectivity index (χ1) is 8.76. The topological polar surface area (TPSA) is 35.3 Å². The summed E-state index contributed by atoms with van der Waals surface area (Å²) >= 11 is 0. The first-order valence-corrected chi connectivity index (χ1v) is 5.47. The Morgan fingerprint density at radius 3 is 2.61 bits per heavy atom. The summed E-state index contributed by atoms with van der Waals surface area (Å²) in [7, 11) is 1.60. The number of aromatic nitrogens is 1. The van der Waals surface area contributed by atoms with E-state index in [0.29, 0.717) is 17.2 Å². The molecule has 0 bridgehead atoms. The maximum atomic E-state index is 12.8. The Hall–Kier alpha value is -2.36. The highest BCUT2D eigenvalue weighted by atomic mass is 19.1. The van der Waals surface area contributed by atoms with Crippen LogP contribution in [0, 0.1) is 5.82 Å². The molecule has 0 spiro atoms. The molecule has 0 N–H and O–H groups in total. The van der Waals surface area contributed by atoms with Crippen LogP contribution in [0.2, 0.25) is 0 Å². The van der Waals surface area contributed by atoms with E-state index in [-0.39, 0.29) is 5.82 Å². The molecule has 4 heteroatoms. The number of fused-ring (bicyclic) bond motifs is 1. The zero-order chi connectivity index (χ0) is 12.5. The number of hydrogen-bond donors (Lipinski definition) is 0. The van der Waals surface area contributed by atoms with E-state index in [9.17, 15) is 4.39 Å². The summed E-state index contributed by atoms with van der Waals surface area (Å²) in [5.74, 6) is 0.902. The molecule has 0 radical (unpaired) electrons. The van der Waals surface area contributed by atoms with E-state index < -0.39 is 0 Å². The zero-order valence-electron chi connectivity index (χ0n) is 9.68. The highest BCUT2D eigenvalue weighted by molar-refractivity contribution is 5.77. The molecule has 0 atom stereocenters. The smallest absolute Gasteiger partial charge is 0.227 e. The van der Waals surface area contributed by atoms with Crippen molar-refractivity contribution in [2.75, 3.05) is 7.11 Å². The third-order valence-corrected chi connectivity index (χ3v) is 2.69. The number of ether oxygens (including phenoxy) is 1. The summed E-state index contributed by atoms with van der Waals surface area (Å²) in [6, 6.07) is 11.4. The van der Waals surface area contributed by atoms with E-state index in [0.717, 1.165) is 11.1 Å². The van der Waals surface area contributed by atoms with Gasteiger partial charge < -0.3 is 9.15 Å². The van der Waals surface area contributed by atoms with Crippen LogP contribution < -0.4 is 4.74 Å². The lowest BCUT2D eigenvalue weighted by atomic mass is 10.2. The number of oxazole rings is 1. The van der Waals surface area contributed by atoms with Crippen molar-refractivity contribution in [1.82, 2.24) is 4.98 Å². The molecule has 0 saturated heterocycles. The van der Waals surface area contributed by atoms with Gasteiger partial charge in [0.2, 0.25) is 5.89 Å². The van der Waals surface area contributed by atoms with Gasteiger partial charge in [0.15, 0.2) is 5.58 Å². The first-order valence-electron chi connectivity index (χ1n) is 5.47. The molecule has 90 valence electrons. The highest BCUT2D eigenvalue weighted by Crippen LogP contribution is 2.26. The van der Waals surface area contributed by atoms with Gasteiger partial charge >= 0.3 is 0 Å². The van der Waals surface area contributed by atoms with Crippen LogP contribution in [0.5, 0.6) is 5.75 Å². The summed E-state index contributed by atoms with van der Waals surface area (Å²) in [4.78, 5) is 4.34. The van der Waals surface area contributed by atoms with Crippen LogP contribution in [0.3, 0.4) is 0 Å². The van der Waals surface area contributed by atoms with Gasteiger partial charge in [-0.2, -0.15) is 0 Å². The molecule has 3 rings (SSSR count). The Bertz CT molecular complexity index is 689. The second-order valence-electron chi connectivity index (χ2n) is 3.86. The molecule has 18 heavy (non-hydrogen) atoms. The standard InChI is InChI=1S/C14H10FNO2/c1-17-11-6-7-12-13(8-11)18-14(16-12)9-2-4-10(15)5-3-9/h2-8H,1H3. The number of halogens is 1. The van der Waals surface area contributed by atoms with Crippen molar-refractivity contribution < 1.29 is 13.5 Å². The molecule has 0 aliphatic carbocycles. The largest absolute Gasteiger partial charge is 0.497 e. The number of benzene rings is 2. The number of nitrogens with zero attached hydrogens (tertiary/aromatic N) is 1. The second kappa shape index (κ2) is 4.14. The Balaban J connectivity index is 2.10. The molecular formula is C14H10FNO2. The summed E-state index contributed by atoms with van der Waals surface area (Å²) in [6.45, 7) is 0. The van der Waals surface area contributed by atoms with E-state index in [1.165, 1.54) is 12.1 Å². The molecule has 3 nitrogen and oxygen atoms in total. The van der Waals surface area contributed by atoms with Crippen LogP contribution in [-0.2, 0) is 0 Å². The predicted molar refractivity (Wildman–Crippen MR) is 66.0 cm³/mol. The summed E-state index contributed by atoms with van der Waals surface area (Å²) < 4.78 is 23.6. The zero-order valence-corrected chi connectivity index (χ0v) is 9.68. The minimum atomic E-state index is -0.281. The maximum Gasteiger partial charge on any atom is 0.227 e. The first kappa shape index (κ1) is 10.8. The van der Waals surface area contributed by atoms with E-state index in [2.05, 4.69) is 4.98 Å². The van der Waals surface area contributed by atoms with Crippen LogP contribution in [0.1, 0.15) is 0 Å². The van der Waals surface area contributed by atoms with Gasteiger partial charge in [-0.25, -0.2) is 9.37 Å². The predicted octanol–water partition coefficient (Wildman–Crippen LogP) is 3.64. The second-order valence-corrected chi connectivity index (χ2v) is 3.86. The summed E-state index contributed by atoms with van der Waals surface area (Å²) in [5, 5.41) is 0. The highest BCUT2D eigenvalue weighted by Gasteiger charge is 2.08. The molecule has 0 aliphatic rings. The van der Waals surface area contributed by atoms with Gasteiger partial charge in [0.05, 0.1) is 7.11 Å². The average molecular weight is 243 g/mol. The minimum Gasteiger partial charge on any atom is -0.497 e. The fourth-order valence-corrected chi connectivity index (χ4v) is 1.75. The van der Waals surface area contributed by atoms with Gasteiger partial charge in [-0.3, -0.25) is 0 Å². The monoisotopic (exact) mass is 243 g/mol. The van der Waals surface area contributed by atoms with E-state index in [1.54, 1.807) is 25.3 Å². The number of hydrogen-bond acceptors (Lipinski definition) is 3. The minimum absolute atomic E-state index is 0.281. The molecule has 0 fully saturated rings. The Morgan fingerprint density at radius 2 is 1.89 bits per heavy atom. The molecule has 0 saturated carbocycles. The third kappa shape index (κ3) is 1.82. The Morgan fingerprint density at radius 1 is 1.11 bits per heavy atom. The van der Waals surface area contributed by atoms with Gasteiger partial charge in [0.25, 0.3) is 0 Å². The summed E-state index contributed by atoms with van der Waals surface area (Å²) in [5.41, 5.74) is 2.13. The quantitative estimate of drug-likeness (QED) is 0.689. The fourth-order valence-electron chi connectivity index (χ4n) is 1.75. The fraction of sp³-hybridized carbons (Fsp3) is 0.0714. The van der Waals surface area contributed by atoms with Crippen molar-refractivity contribution in [2.24, 2.45) is 0 Å². The van der Waals surface area contributed by atoms with E-state index in [4.69, 9.17) is 9.15 Å². The van der Waals surface area contributed by atoms with Gasteiger partial charge in [0, 0.05) is 11.6 Å². The summed E-state index contributed by atoms with van der Waals surface area (Å²) in [6.07, 6.45) is 0. The normalized spacial score (nSPS) is 10.8. The molecule has 0 aliphatic heterocycles. The molecule has 1 heterocycles. The lowest BCUT2D eigenvalue weighted by molar-refractivity contribution is 0.414. The van der Waals surface area contributed by atoms with Crippen LogP contribution in [0.25, 0.3) is 22.6 Å². The third-order valence-electron chi connectivity index (χ3n) is 2.69. The Kier molecular flexibility index (Phi) is 2.48. The van der Waals surface area contributed by atoms with Gasteiger partial charge in [-0.05, 0) is 36.4 Å². The van der Waals surface area contributed by atoms with Gasteiger partial charge in [0.1, 0.15) is 17.1 Å². The molecule has 3 aromatic rings. The van der Waals surface area contributed by atoms with Gasteiger partial charge in [-0.15, -0.1) is 0 Å². The van der Waals surface area contributed by atoms with Crippen molar-refractivity contribution in [3.63, 3.8) is 0 Å². The van der Waals surface area contributed by atoms with Crippen LogP contribution in [0.4, 0.5) is 4.39 Å². The molecule has 2 aromatic carbocycles. The lowest BCUT2D eigenvalue weighted by Crippen LogP contribution is -1.80. The molecule has 1 aromatic heterocycles. The number of rotatable bonds is 2. The molecule has 0 amide bonds. The molecular weight excluding hydrogens is 233 g/mol. The van der Waals surface area contributed by atoms with E-state index >= 15 is 0 Å².